The number of hydrogen-bond donors (Lipinski definition) is 3. The average molecular weight is 295 g/mol. The van der Waals surface area contributed by atoms with Gasteiger partial charge in [0.25, 0.3) is 5.91 Å². The number of nitrogens with two attached hydrogens (primary N) is 1. The van der Waals surface area contributed by atoms with Crippen LogP contribution in [0.15, 0.2) is 30.5 Å². The highest BCUT2D eigenvalue weighted by Crippen LogP contribution is 2.06. The number of anilines is 1. The van der Waals surface area contributed by atoms with E-state index < -0.39 is 0 Å². The Kier molecular flexibility index (Phi) is 6.06. The number of carbonyl (C=O) groups is 1. The molecule has 5 nitrogen and oxygen atoms in total. The molecule has 0 aliphatic carbocycles. The third-order valence-corrected chi connectivity index (χ3v) is 3.02. The summed E-state index contributed by atoms with van der Waals surface area (Å²) in [7, 11) is 0. The fourth-order valence-electron chi connectivity index (χ4n) is 1.85. The molecule has 4 N–H and O–H groups in total. The number of amides is 1. The zero-order chi connectivity index (χ0) is 13.7. The van der Waals surface area contributed by atoms with Gasteiger partial charge in [-0.25, -0.2) is 0 Å². The highest BCUT2D eigenvalue weighted by Gasteiger charge is 2.04. The predicted molar refractivity (Wildman–Crippen MR) is 82.1 cm³/mol. The van der Waals surface area contributed by atoms with Crippen molar-refractivity contribution < 1.29 is 4.79 Å². The number of carbonyl (C=O) groups excluding carboxylic acids is 1. The van der Waals surface area contributed by atoms with Crippen LogP contribution in [-0.4, -0.2) is 22.6 Å². The summed E-state index contributed by atoms with van der Waals surface area (Å²) >= 11 is 0. The number of nitrogens with one attached hydrogen (secondary N) is 2. The fraction of sp³-hybridized carbons (Fsp3) is 0.286. The number of hydrogen-bond acceptors (Lipinski definition) is 3. The summed E-state index contributed by atoms with van der Waals surface area (Å²) in [5.41, 5.74) is 9.15. The Balaban J connectivity index is 0.00000200. The number of rotatable bonds is 5. The van der Waals surface area contributed by atoms with Crippen LogP contribution in [0.3, 0.4) is 0 Å². The van der Waals surface area contributed by atoms with Crippen LogP contribution in [-0.2, 0) is 6.42 Å². The molecule has 20 heavy (non-hydrogen) atoms. The lowest BCUT2D eigenvalue weighted by Crippen LogP contribution is -2.24. The van der Waals surface area contributed by atoms with E-state index >= 15 is 0 Å². The molecular weight excluding hydrogens is 276 g/mol. The summed E-state index contributed by atoms with van der Waals surface area (Å²) in [5, 5.41) is 9.76. The van der Waals surface area contributed by atoms with Gasteiger partial charge in [-0.2, -0.15) is 5.10 Å². The number of H-pyrrole nitrogens is 1. The first-order valence-electron chi connectivity index (χ1n) is 6.29. The van der Waals surface area contributed by atoms with Crippen molar-refractivity contribution in [2.75, 3.05) is 12.3 Å². The van der Waals surface area contributed by atoms with Crippen molar-refractivity contribution in [3.8, 4) is 0 Å². The van der Waals surface area contributed by atoms with Gasteiger partial charge in [0, 0.05) is 23.5 Å². The summed E-state index contributed by atoms with van der Waals surface area (Å²) < 4.78 is 0. The molecule has 0 unspecified atom stereocenters. The molecule has 2 aromatic rings. The first-order valence-corrected chi connectivity index (χ1v) is 6.29. The number of benzene rings is 1. The van der Waals surface area contributed by atoms with E-state index in [2.05, 4.69) is 15.5 Å². The van der Waals surface area contributed by atoms with Crippen LogP contribution in [0.2, 0.25) is 0 Å². The lowest BCUT2D eigenvalue weighted by molar-refractivity contribution is 0.0953. The van der Waals surface area contributed by atoms with Gasteiger partial charge in [0.05, 0.1) is 6.20 Å². The van der Waals surface area contributed by atoms with Crippen molar-refractivity contribution >= 4 is 24.0 Å². The molecule has 2 rings (SSSR count). The van der Waals surface area contributed by atoms with Gasteiger partial charge < -0.3 is 11.1 Å². The van der Waals surface area contributed by atoms with Crippen molar-refractivity contribution in [2.24, 2.45) is 0 Å². The first-order chi connectivity index (χ1) is 9.16. The molecule has 1 amide bonds. The maximum absolute atomic E-state index is 11.8. The van der Waals surface area contributed by atoms with Gasteiger partial charge in [0.1, 0.15) is 0 Å². The molecule has 0 aliphatic heterocycles. The Bertz CT molecular complexity index is 551. The van der Waals surface area contributed by atoms with E-state index in [0.29, 0.717) is 17.8 Å². The van der Waals surface area contributed by atoms with Crippen molar-refractivity contribution in [3.05, 3.63) is 47.3 Å². The van der Waals surface area contributed by atoms with Crippen LogP contribution in [0.4, 0.5) is 5.69 Å². The molecule has 0 spiro atoms. The largest absolute Gasteiger partial charge is 0.399 e. The number of aromatic nitrogens is 2. The number of nitrogen functional groups attached to an aromatic ring is 1. The molecule has 0 saturated heterocycles. The topological polar surface area (TPSA) is 83.8 Å². The van der Waals surface area contributed by atoms with Crippen molar-refractivity contribution in [1.82, 2.24) is 15.5 Å². The summed E-state index contributed by atoms with van der Waals surface area (Å²) in [5.74, 6) is -0.0658. The van der Waals surface area contributed by atoms with Gasteiger partial charge in [0.2, 0.25) is 0 Å². The van der Waals surface area contributed by atoms with Crippen molar-refractivity contribution in [2.45, 2.75) is 19.8 Å². The van der Waals surface area contributed by atoms with Gasteiger partial charge in [0.15, 0.2) is 0 Å². The quantitative estimate of drug-likeness (QED) is 0.583. The number of aromatic amines is 1. The molecular formula is C14H19ClN4O. The van der Waals surface area contributed by atoms with Crippen molar-refractivity contribution in [1.29, 1.82) is 0 Å². The third-order valence-electron chi connectivity index (χ3n) is 3.02. The van der Waals surface area contributed by atoms with Crippen LogP contribution in [0.1, 0.15) is 28.0 Å². The second-order valence-electron chi connectivity index (χ2n) is 4.50. The molecule has 1 aromatic carbocycles. The van der Waals surface area contributed by atoms with E-state index in [4.69, 9.17) is 5.73 Å². The molecule has 0 aliphatic rings. The standard InChI is InChI=1S/C14H18N4O.ClH/c1-10-12(9-17-18-10)3-2-8-16-14(19)11-4-6-13(15)7-5-11;/h4-7,9H,2-3,8,15H2,1H3,(H,16,19)(H,17,18);1H. The van der Waals surface area contributed by atoms with E-state index in [-0.39, 0.29) is 18.3 Å². The number of halogens is 1. The molecule has 0 fully saturated rings. The average Bonchev–Trinajstić information content (AvgIpc) is 2.81. The Labute approximate surface area is 124 Å². The molecule has 1 aromatic heterocycles. The molecule has 0 radical (unpaired) electrons. The highest BCUT2D eigenvalue weighted by atomic mass is 35.5. The summed E-state index contributed by atoms with van der Waals surface area (Å²) in [6, 6.07) is 6.91. The molecule has 0 saturated carbocycles. The van der Waals surface area contributed by atoms with E-state index in [0.717, 1.165) is 18.5 Å². The van der Waals surface area contributed by atoms with Gasteiger partial charge in [-0.15, -0.1) is 12.4 Å². The second-order valence-corrected chi connectivity index (χ2v) is 4.50. The third kappa shape index (κ3) is 4.28. The minimum Gasteiger partial charge on any atom is -0.399 e. The van der Waals surface area contributed by atoms with Crippen LogP contribution in [0.5, 0.6) is 0 Å². The maximum Gasteiger partial charge on any atom is 0.251 e. The van der Waals surface area contributed by atoms with Gasteiger partial charge in [-0.1, -0.05) is 0 Å². The number of aryl methyl sites for hydroxylation is 2. The molecule has 1 heterocycles. The zero-order valence-corrected chi connectivity index (χ0v) is 12.2. The van der Waals surface area contributed by atoms with Gasteiger partial charge in [-0.3, -0.25) is 9.89 Å². The Morgan fingerprint density at radius 2 is 2.05 bits per heavy atom. The molecule has 108 valence electrons. The summed E-state index contributed by atoms with van der Waals surface area (Å²) in [4.78, 5) is 11.8. The fourth-order valence-corrected chi connectivity index (χ4v) is 1.85. The smallest absolute Gasteiger partial charge is 0.251 e. The van der Waals surface area contributed by atoms with E-state index in [1.54, 1.807) is 24.3 Å². The number of nitrogens with zero attached hydrogens (tertiary/aromatic N) is 1. The van der Waals surface area contributed by atoms with Crippen molar-refractivity contribution in [3.63, 3.8) is 0 Å². The minimum absolute atomic E-state index is 0. The Morgan fingerprint density at radius 3 is 2.65 bits per heavy atom. The first kappa shape index (κ1) is 16.0. The lowest BCUT2D eigenvalue weighted by Gasteiger charge is -2.05. The molecule has 0 atom stereocenters. The second kappa shape index (κ2) is 7.55. The Morgan fingerprint density at radius 1 is 1.35 bits per heavy atom. The summed E-state index contributed by atoms with van der Waals surface area (Å²) in [6.07, 6.45) is 3.63. The van der Waals surface area contributed by atoms with Crippen LogP contribution in [0, 0.1) is 6.92 Å². The normalized spacial score (nSPS) is 9.85. The highest BCUT2D eigenvalue weighted by molar-refractivity contribution is 5.94. The van der Waals surface area contributed by atoms with Crippen LogP contribution in [0.25, 0.3) is 0 Å². The maximum atomic E-state index is 11.8. The van der Waals surface area contributed by atoms with Gasteiger partial charge >= 0.3 is 0 Å². The SMILES string of the molecule is Cc1[nH]ncc1CCCNC(=O)c1ccc(N)cc1.Cl. The molecule has 6 heteroatoms. The molecule has 0 bridgehead atoms. The monoisotopic (exact) mass is 294 g/mol. The predicted octanol–water partition coefficient (Wildman–Crippen LogP) is 2.08. The van der Waals surface area contributed by atoms with E-state index in [1.165, 1.54) is 5.56 Å². The van der Waals surface area contributed by atoms with E-state index in [9.17, 15) is 4.79 Å². The van der Waals surface area contributed by atoms with Crippen LogP contribution >= 0.6 is 12.4 Å². The van der Waals surface area contributed by atoms with Crippen LogP contribution < -0.4 is 11.1 Å². The Hall–Kier alpha value is -2.01. The van der Waals surface area contributed by atoms with E-state index in [1.807, 2.05) is 13.1 Å². The summed E-state index contributed by atoms with van der Waals surface area (Å²) in [6.45, 7) is 2.64. The zero-order valence-electron chi connectivity index (χ0n) is 11.3. The van der Waals surface area contributed by atoms with Gasteiger partial charge in [-0.05, 0) is 49.6 Å². The lowest BCUT2D eigenvalue weighted by atomic mass is 10.1. The minimum atomic E-state index is -0.0658.